The molecule has 0 bridgehead atoms. The summed E-state index contributed by atoms with van der Waals surface area (Å²) in [6.07, 6.45) is 1.65. The van der Waals surface area contributed by atoms with Gasteiger partial charge in [-0.05, 0) is 29.7 Å². The Labute approximate surface area is 232 Å². The third-order valence-electron chi connectivity index (χ3n) is 7.59. The third-order valence-corrected chi connectivity index (χ3v) is 7.59. The second-order valence-electron chi connectivity index (χ2n) is 10.0. The average molecular weight is 551 g/mol. The lowest BCUT2D eigenvalue weighted by atomic mass is 9.79. The first kappa shape index (κ1) is 27.9. The van der Waals surface area contributed by atoms with Crippen molar-refractivity contribution in [3.8, 4) is 22.8 Å². The number of carboxylic acids is 1. The molecular formula is C30H34N2O8. The maximum atomic E-state index is 12.7. The number of carboxylic acid groups (broad SMARTS) is 1. The number of aliphatic hydroxyl groups is 1. The van der Waals surface area contributed by atoms with Crippen molar-refractivity contribution >= 4 is 5.97 Å². The predicted octanol–water partition coefficient (Wildman–Crippen LogP) is 3.47. The largest absolute Gasteiger partial charge is 0.493 e. The Balaban J connectivity index is 1.50. The molecule has 2 aliphatic heterocycles. The molecule has 1 aromatic heterocycles. The lowest BCUT2D eigenvalue weighted by Crippen LogP contribution is -2.48. The van der Waals surface area contributed by atoms with Crippen LogP contribution in [0.3, 0.4) is 0 Å². The van der Waals surface area contributed by atoms with Crippen LogP contribution in [-0.2, 0) is 16.1 Å². The molecule has 0 radical (unpaired) electrons. The SMILES string of the molecule is COCCCOc1cc2c(cc1OC)-c1cc(=O)c(C(=O)O)cn1[C@@H]1CCN(C(O)OCc3ccccc3)C[C@H]21. The molecule has 3 aromatic rings. The molecule has 0 amide bonds. The summed E-state index contributed by atoms with van der Waals surface area (Å²) in [7, 11) is 3.19. The van der Waals surface area contributed by atoms with E-state index in [0.29, 0.717) is 56.3 Å². The number of aliphatic hydroxyl groups excluding tert-OH is 1. The van der Waals surface area contributed by atoms with Crippen LogP contribution in [0.2, 0.25) is 0 Å². The summed E-state index contributed by atoms with van der Waals surface area (Å²) in [5.41, 5.74) is 2.47. The van der Waals surface area contributed by atoms with Crippen molar-refractivity contribution in [3.63, 3.8) is 0 Å². The average Bonchev–Trinajstić information content (AvgIpc) is 2.97. The maximum Gasteiger partial charge on any atom is 0.341 e. The Morgan fingerprint density at radius 3 is 2.62 bits per heavy atom. The Bertz CT molecular complexity index is 1410. The Kier molecular flexibility index (Phi) is 8.51. The summed E-state index contributed by atoms with van der Waals surface area (Å²) < 4.78 is 24.5. The van der Waals surface area contributed by atoms with E-state index in [4.69, 9.17) is 18.9 Å². The molecule has 212 valence electrons. The minimum absolute atomic E-state index is 0.131. The predicted molar refractivity (Wildman–Crippen MR) is 147 cm³/mol. The van der Waals surface area contributed by atoms with Crippen LogP contribution < -0.4 is 14.9 Å². The van der Waals surface area contributed by atoms with Crippen LogP contribution >= 0.6 is 0 Å². The van der Waals surface area contributed by atoms with E-state index in [1.165, 1.54) is 12.3 Å². The van der Waals surface area contributed by atoms with Gasteiger partial charge < -0.3 is 33.7 Å². The minimum atomic E-state index is -1.26. The molecule has 3 heterocycles. The van der Waals surface area contributed by atoms with Crippen LogP contribution in [0.5, 0.6) is 11.5 Å². The summed E-state index contributed by atoms with van der Waals surface area (Å²) in [6, 6.07) is 14.7. The van der Waals surface area contributed by atoms with E-state index in [1.54, 1.807) is 14.2 Å². The van der Waals surface area contributed by atoms with Gasteiger partial charge in [-0.1, -0.05) is 30.3 Å². The number of pyridine rings is 1. The van der Waals surface area contributed by atoms with E-state index in [2.05, 4.69) is 0 Å². The molecule has 0 aliphatic carbocycles. The van der Waals surface area contributed by atoms with Crippen molar-refractivity contribution in [3.05, 3.63) is 81.6 Å². The van der Waals surface area contributed by atoms with Crippen molar-refractivity contribution < 1.29 is 34.0 Å². The number of ether oxygens (including phenoxy) is 4. The molecule has 1 unspecified atom stereocenters. The Morgan fingerprint density at radius 1 is 1.10 bits per heavy atom. The number of carbonyl (C=O) groups is 1. The van der Waals surface area contributed by atoms with Crippen LogP contribution in [0.15, 0.2) is 59.5 Å². The summed E-state index contributed by atoms with van der Waals surface area (Å²) in [4.78, 5) is 26.4. The molecule has 2 aromatic carbocycles. The fourth-order valence-electron chi connectivity index (χ4n) is 5.62. The van der Waals surface area contributed by atoms with Crippen LogP contribution in [0.4, 0.5) is 0 Å². The number of benzene rings is 2. The molecule has 0 spiro atoms. The monoisotopic (exact) mass is 550 g/mol. The molecule has 1 saturated heterocycles. The number of hydrogen-bond donors (Lipinski definition) is 2. The van der Waals surface area contributed by atoms with Gasteiger partial charge in [0.25, 0.3) is 0 Å². The van der Waals surface area contributed by atoms with E-state index in [1.807, 2.05) is 51.9 Å². The first-order valence-corrected chi connectivity index (χ1v) is 13.3. The lowest BCUT2D eigenvalue weighted by Gasteiger charge is -2.45. The van der Waals surface area contributed by atoms with Gasteiger partial charge in [-0.3, -0.25) is 9.69 Å². The number of piperidine rings is 1. The van der Waals surface area contributed by atoms with Crippen LogP contribution in [0.1, 0.15) is 46.3 Å². The molecule has 2 aliphatic rings. The van der Waals surface area contributed by atoms with Gasteiger partial charge in [0.2, 0.25) is 6.41 Å². The smallest absolute Gasteiger partial charge is 0.341 e. The molecule has 2 N–H and O–H groups in total. The lowest BCUT2D eigenvalue weighted by molar-refractivity contribution is -0.207. The minimum Gasteiger partial charge on any atom is -0.493 e. The number of rotatable bonds is 11. The first-order chi connectivity index (χ1) is 19.4. The maximum absolute atomic E-state index is 12.7. The highest BCUT2D eigenvalue weighted by Gasteiger charge is 2.40. The van der Waals surface area contributed by atoms with Crippen molar-refractivity contribution in [2.75, 3.05) is 40.5 Å². The van der Waals surface area contributed by atoms with Gasteiger partial charge >= 0.3 is 5.97 Å². The molecule has 5 rings (SSSR count). The standard InChI is InChI=1S/C30H34N2O8/c1-37-11-6-12-39-28-13-20-21(14-27(28)38-2)25-15-26(33)23(29(34)35)17-32(25)24-9-10-31(16-22(20)24)30(36)40-18-19-7-4-3-5-8-19/h3-5,7-8,13-15,17,22,24,30,36H,6,9-12,16,18H2,1-2H3,(H,34,35)/t22-,24-,30?/m1/s1. The number of aromatic nitrogens is 1. The molecule has 10 nitrogen and oxygen atoms in total. The van der Waals surface area contributed by atoms with Crippen molar-refractivity contribution in [1.82, 2.24) is 9.47 Å². The van der Waals surface area contributed by atoms with Crippen molar-refractivity contribution in [2.45, 2.75) is 37.8 Å². The molecular weight excluding hydrogens is 516 g/mol. The Hall–Kier alpha value is -3.70. The van der Waals surface area contributed by atoms with Gasteiger partial charge in [-0.25, -0.2) is 4.79 Å². The van der Waals surface area contributed by atoms with Crippen molar-refractivity contribution in [1.29, 1.82) is 0 Å². The van der Waals surface area contributed by atoms with Gasteiger partial charge in [0, 0.05) is 63.0 Å². The highest BCUT2D eigenvalue weighted by atomic mass is 16.6. The fourth-order valence-corrected chi connectivity index (χ4v) is 5.62. The molecule has 0 saturated carbocycles. The van der Waals surface area contributed by atoms with E-state index < -0.39 is 17.8 Å². The Morgan fingerprint density at radius 2 is 1.90 bits per heavy atom. The number of methoxy groups -OCH3 is 2. The van der Waals surface area contributed by atoms with Gasteiger partial charge in [0.15, 0.2) is 16.9 Å². The molecule has 3 atom stereocenters. The van der Waals surface area contributed by atoms with Gasteiger partial charge in [0.1, 0.15) is 5.56 Å². The normalized spacial score (nSPS) is 18.8. The fraction of sp³-hybridized carbons (Fsp3) is 0.400. The highest BCUT2D eigenvalue weighted by Crippen LogP contribution is 2.49. The molecule has 1 fully saturated rings. The van der Waals surface area contributed by atoms with Crippen LogP contribution in [0.25, 0.3) is 11.3 Å². The summed E-state index contributed by atoms with van der Waals surface area (Å²) in [6.45, 7) is 2.25. The number of nitrogens with zero attached hydrogens (tertiary/aromatic N) is 2. The zero-order chi connectivity index (χ0) is 28.2. The van der Waals surface area contributed by atoms with Crippen molar-refractivity contribution in [2.24, 2.45) is 0 Å². The number of likely N-dealkylation sites (tertiary alicyclic amines) is 1. The van der Waals surface area contributed by atoms with Crippen LogP contribution in [0, 0.1) is 0 Å². The molecule has 40 heavy (non-hydrogen) atoms. The summed E-state index contributed by atoms with van der Waals surface area (Å²) in [5.74, 6) is -0.313. The van der Waals surface area contributed by atoms with E-state index in [0.717, 1.165) is 16.7 Å². The summed E-state index contributed by atoms with van der Waals surface area (Å²) in [5, 5.41) is 20.6. The second-order valence-corrected chi connectivity index (χ2v) is 10.0. The first-order valence-electron chi connectivity index (χ1n) is 13.3. The quantitative estimate of drug-likeness (QED) is 0.273. The van der Waals surface area contributed by atoms with E-state index in [9.17, 15) is 19.8 Å². The van der Waals surface area contributed by atoms with E-state index in [-0.39, 0.29) is 24.1 Å². The van der Waals surface area contributed by atoms with Gasteiger partial charge in [-0.2, -0.15) is 0 Å². The second kappa shape index (κ2) is 12.2. The zero-order valence-corrected chi connectivity index (χ0v) is 22.6. The number of fused-ring (bicyclic) bond motifs is 6. The van der Waals surface area contributed by atoms with Crippen LogP contribution in [-0.4, -0.2) is 72.6 Å². The number of aromatic carboxylic acids is 1. The van der Waals surface area contributed by atoms with Gasteiger partial charge in [-0.15, -0.1) is 0 Å². The number of hydrogen-bond acceptors (Lipinski definition) is 8. The zero-order valence-electron chi connectivity index (χ0n) is 22.6. The molecule has 10 heteroatoms. The summed E-state index contributed by atoms with van der Waals surface area (Å²) >= 11 is 0. The van der Waals surface area contributed by atoms with E-state index >= 15 is 0 Å². The highest BCUT2D eigenvalue weighted by molar-refractivity contribution is 5.88. The topological polar surface area (TPSA) is 120 Å². The third kappa shape index (κ3) is 5.62. The van der Waals surface area contributed by atoms with Gasteiger partial charge in [0.05, 0.1) is 26.0 Å².